The standard InChI is InChI=1S/C11H15N5S2/c1-7(12)9-5-4-8(6-13-9)17-11-15-14-10(18-11)16(2)3/h4-7H,12H2,1-3H3/t7-/m1/s1. The highest BCUT2D eigenvalue weighted by Gasteiger charge is 2.08. The van der Waals surface area contributed by atoms with Gasteiger partial charge < -0.3 is 10.6 Å². The van der Waals surface area contributed by atoms with Gasteiger partial charge in [-0.3, -0.25) is 4.98 Å². The van der Waals surface area contributed by atoms with Crippen molar-refractivity contribution in [3.05, 3.63) is 24.0 Å². The zero-order chi connectivity index (χ0) is 13.1. The monoisotopic (exact) mass is 281 g/mol. The molecule has 0 unspecified atom stereocenters. The first kappa shape index (κ1) is 13.3. The van der Waals surface area contributed by atoms with E-state index in [1.54, 1.807) is 23.1 Å². The minimum Gasteiger partial charge on any atom is -0.353 e. The summed E-state index contributed by atoms with van der Waals surface area (Å²) < 4.78 is 0.911. The molecule has 0 bridgehead atoms. The molecule has 2 heterocycles. The lowest BCUT2D eigenvalue weighted by Gasteiger charge is -2.04. The Morgan fingerprint density at radius 3 is 2.61 bits per heavy atom. The number of pyridine rings is 1. The average molecular weight is 281 g/mol. The van der Waals surface area contributed by atoms with Crippen LogP contribution in [-0.2, 0) is 0 Å². The van der Waals surface area contributed by atoms with Crippen molar-refractivity contribution in [2.75, 3.05) is 19.0 Å². The van der Waals surface area contributed by atoms with Crippen molar-refractivity contribution in [1.29, 1.82) is 0 Å². The predicted molar refractivity (Wildman–Crippen MR) is 75.2 cm³/mol. The molecule has 0 saturated heterocycles. The Morgan fingerprint density at radius 1 is 1.33 bits per heavy atom. The van der Waals surface area contributed by atoms with Crippen molar-refractivity contribution in [3.63, 3.8) is 0 Å². The molecule has 0 aliphatic heterocycles. The Kier molecular flexibility index (Phi) is 4.15. The Morgan fingerprint density at radius 2 is 2.11 bits per heavy atom. The lowest BCUT2D eigenvalue weighted by atomic mass is 10.2. The molecular formula is C11H15N5S2. The van der Waals surface area contributed by atoms with Crippen LogP contribution < -0.4 is 10.6 Å². The summed E-state index contributed by atoms with van der Waals surface area (Å²) in [5.41, 5.74) is 6.65. The topological polar surface area (TPSA) is 67.9 Å². The van der Waals surface area contributed by atoms with E-state index in [0.717, 1.165) is 20.1 Å². The van der Waals surface area contributed by atoms with Gasteiger partial charge in [0.1, 0.15) is 0 Å². The number of hydrogen-bond acceptors (Lipinski definition) is 7. The summed E-state index contributed by atoms with van der Waals surface area (Å²) in [6.07, 6.45) is 1.82. The molecule has 2 aromatic rings. The van der Waals surface area contributed by atoms with E-state index in [9.17, 15) is 0 Å². The number of nitrogens with two attached hydrogens (primary N) is 1. The molecule has 0 spiro atoms. The molecule has 2 rings (SSSR count). The summed E-state index contributed by atoms with van der Waals surface area (Å²) in [6.45, 7) is 1.92. The zero-order valence-corrected chi connectivity index (χ0v) is 12.1. The maximum absolute atomic E-state index is 5.76. The van der Waals surface area contributed by atoms with Crippen LogP contribution in [0.1, 0.15) is 18.7 Å². The molecule has 0 fully saturated rings. The number of aromatic nitrogens is 3. The van der Waals surface area contributed by atoms with Crippen LogP contribution in [0.4, 0.5) is 5.13 Å². The van der Waals surface area contributed by atoms with Crippen LogP contribution in [0, 0.1) is 0 Å². The predicted octanol–water partition coefficient (Wildman–Crippen LogP) is 2.17. The first-order valence-corrected chi connectivity index (χ1v) is 7.10. The van der Waals surface area contributed by atoms with Crippen molar-refractivity contribution in [2.45, 2.75) is 22.2 Å². The van der Waals surface area contributed by atoms with Crippen molar-refractivity contribution >= 4 is 28.2 Å². The van der Waals surface area contributed by atoms with E-state index < -0.39 is 0 Å². The van der Waals surface area contributed by atoms with Crippen molar-refractivity contribution in [2.24, 2.45) is 5.73 Å². The van der Waals surface area contributed by atoms with Gasteiger partial charge in [-0.15, -0.1) is 10.2 Å². The van der Waals surface area contributed by atoms with E-state index in [0.29, 0.717) is 0 Å². The molecule has 2 N–H and O–H groups in total. The Bertz CT molecular complexity index is 506. The van der Waals surface area contributed by atoms with Gasteiger partial charge in [0.05, 0.1) is 5.69 Å². The quantitative estimate of drug-likeness (QED) is 0.926. The fourth-order valence-electron chi connectivity index (χ4n) is 1.25. The van der Waals surface area contributed by atoms with E-state index in [4.69, 9.17) is 5.73 Å². The third-order valence-electron chi connectivity index (χ3n) is 2.21. The maximum atomic E-state index is 5.76. The molecular weight excluding hydrogens is 266 g/mol. The highest BCUT2D eigenvalue weighted by molar-refractivity contribution is 8.01. The maximum Gasteiger partial charge on any atom is 0.208 e. The average Bonchev–Trinajstić information content (AvgIpc) is 2.78. The molecule has 0 saturated carbocycles. The van der Waals surface area contributed by atoms with Gasteiger partial charge in [-0.1, -0.05) is 23.1 Å². The minimum absolute atomic E-state index is 0.0362. The van der Waals surface area contributed by atoms with Crippen LogP contribution in [0.25, 0.3) is 0 Å². The molecule has 0 amide bonds. The third kappa shape index (κ3) is 3.18. The van der Waals surface area contributed by atoms with Crippen LogP contribution in [0.2, 0.25) is 0 Å². The van der Waals surface area contributed by atoms with E-state index in [2.05, 4.69) is 15.2 Å². The van der Waals surface area contributed by atoms with Gasteiger partial charge in [0.25, 0.3) is 0 Å². The largest absolute Gasteiger partial charge is 0.353 e. The van der Waals surface area contributed by atoms with Gasteiger partial charge >= 0.3 is 0 Å². The minimum atomic E-state index is -0.0362. The molecule has 96 valence electrons. The Hall–Kier alpha value is -1.18. The molecule has 0 aliphatic carbocycles. The number of hydrogen-bond donors (Lipinski definition) is 1. The summed E-state index contributed by atoms with van der Waals surface area (Å²) in [4.78, 5) is 7.30. The molecule has 2 aromatic heterocycles. The van der Waals surface area contributed by atoms with E-state index in [1.807, 2.05) is 44.2 Å². The van der Waals surface area contributed by atoms with E-state index in [1.165, 1.54) is 0 Å². The van der Waals surface area contributed by atoms with Gasteiger partial charge in [-0.25, -0.2) is 0 Å². The van der Waals surface area contributed by atoms with Gasteiger partial charge in [-0.05, 0) is 19.1 Å². The van der Waals surface area contributed by atoms with Gasteiger partial charge in [0.15, 0.2) is 4.34 Å². The first-order valence-electron chi connectivity index (χ1n) is 5.46. The van der Waals surface area contributed by atoms with Gasteiger partial charge in [0.2, 0.25) is 5.13 Å². The smallest absolute Gasteiger partial charge is 0.208 e. The van der Waals surface area contributed by atoms with Crippen molar-refractivity contribution < 1.29 is 0 Å². The second-order valence-electron chi connectivity index (χ2n) is 4.05. The van der Waals surface area contributed by atoms with E-state index in [-0.39, 0.29) is 6.04 Å². The van der Waals surface area contributed by atoms with Gasteiger partial charge in [0, 0.05) is 31.2 Å². The molecule has 0 aromatic carbocycles. The van der Waals surface area contributed by atoms with Crippen molar-refractivity contribution in [1.82, 2.24) is 15.2 Å². The van der Waals surface area contributed by atoms with Crippen LogP contribution in [-0.4, -0.2) is 29.3 Å². The summed E-state index contributed by atoms with van der Waals surface area (Å²) in [7, 11) is 3.90. The fourth-order valence-corrected chi connectivity index (χ4v) is 2.95. The third-order valence-corrected chi connectivity index (χ3v) is 4.33. The van der Waals surface area contributed by atoms with Crippen LogP contribution in [0.5, 0.6) is 0 Å². The first-order chi connectivity index (χ1) is 8.56. The summed E-state index contributed by atoms with van der Waals surface area (Å²) in [5, 5.41) is 9.12. The SMILES string of the molecule is C[C@@H](N)c1ccc(Sc2nnc(N(C)C)s2)cn1. The number of nitrogens with zero attached hydrogens (tertiary/aromatic N) is 4. The van der Waals surface area contributed by atoms with Crippen LogP contribution >= 0.6 is 23.1 Å². The Labute approximate surface area is 114 Å². The second kappa shape index (κ2) is 5.64. The number of rotatable bonds is 4. The Balaban J connectivity index is 2.08. The molecule has 0 aliphatic rings. The molecule has 18 heavy (non-hydrogen) atoms. The molecule has 1 atom stereocenters. The lowest BCUT2D eigenvalue weighted by Crippen LogP contribution is -2.07. The molecule has 7 heteroatoms. The fraction of sp³-hybridized carbons (Fsp3) is 0.364. The van der Waals surface area contributed by atoms with Crippen LogP contribution in [0.15, 0.2) is 27.6 Å². The van der Waals surface area contributed by atoms with E-state index >= 15 is 0 Å². The summed E-state index contributed by atoms with van der Waals surface area (Å²) in [6, 6.07) is 3.92. The van der Waals surface area contributed by atoms with Gasteiger partial charge in [-0.2, -0.15) is 0 Å². The molecule has 5 nitrogen and oxygen atoms in total. The number of anilines is 1. The van der Waals surface area contributed by atoms with Crippen LogP contribution in [0.3, 0.4) is 0 Å². The lowest BCUT2D eigenvalue weighted by molar-refractivity contribution is 0.777. The zero-order valence-electron chi connectivity index (χ0n) is 10.5. The highest BCUT2D eigenvalue weighted by Crippen LogP contribution is 2.32. The van der Waals surface area contributed by atoms with Crippen molar-refractivity contribution in [3.8, 4) is 0 Å². The summed E-state index contributed by atoms with van der Waals surface area (Å²) in [5.74, 6) is 0. The summed E-state index contributed by atoms with van der Waals surface area (Å²) >= 11 is 3.12. The molecule has 0 radical (unpaired) electrons. The second-order valence-corrected chi connectivity index (χ2v) is 6.33. The highest BCUT2D eigenvalue weighted by atomic mass is 32.2. The normalized spacial score (nSPS) is 12.4.